The largest absolute Gasteiger partial charge is 0.401 e. The first-order valence-corrected chi connectivity index (χ1v) is 4.02. The van der Waals surface area contributed by atoms with E-state index >= 15 is 0 Å². The Labute approximate surface area is 74.3 Å². The number of allylic oxidation sites excluding steroid dienone is 3. The molecule has 0 saturated carbocycles. The van der Waals surface area contributed by atoms with Gasteiger partial charge in [-0.1, -0.05) is 13.8 Å². The lowest BCUT2D eigenvalue weighted by Gasteiger charge is -2.05. The number of hydrogen-bond donors (Lipinski definition) is 2. The van der Waals surface area contributed by atoms with Gasteiger partial charge in [-0.05, 0) is 21.8 Å². The van der Waals surface area contributed by atoms with Gasteiger partial charge in [0.1, 0.15) is 0 Å². The van der Waals surface area contributed by atoms with Crippen molar-refractivity contribution >= 4 is 15.9 Å². The van der Waals surface area contributed by atoms with Crippen LogP contribution in [0.1, 0.15) is 13.8 Å². The zero-order valence-corrected chi connectivity index (χ0v) is 8.15. The van der Waals surface area contributed by atoms with E-state index in [9.17, 15) is 4.39 Å². The Morgan fingerprint density at radius 2 is 1.91 bits per heavy atom. The molecule has 0 aliphatic rings. The van der Waals surface area contributed by atoms with Crippen molar-refractivity contribution in [2.45, 2.75) is 13.8 Å². The second-order valence-corrected chi connectivity index (χ2v) is 3.34. The highest BCUT2D eigenvalue weighted by Crippen LogP contribution is 2.16. The first-order chi connectivity index (χ1) is 4.95. The van der Waals surface area contributed by atoms with Crippen LogP contribution in [0.4, 0.5) is 4.39 Å². The van der Waals surface area contributed by atoms with Crippen LogP contribution in [-0.2, 0) is 0 Å². The third-order valence-corrected chi connectivity index (χ3v) is 1.85. The summed E-state index contributed by atoms with van der Waals surface area (Å²) in [6, 6.07) is 0. The first kappa shape index (κ1) is 10.5. The van der Waals surface area contributed by atoms with Gasteiger partial charge in [0.15, 0.2) is 5.95 Å². The summed E-state index contributed by atoms with van der Waals surface area (Å²) in [5.74, 6) is -0.569. The predicted molar refractivity (Wildman–Crippen MR) is 48.4 cm³/mol. The lowest BCUT2D eigenvalue weighted by molar-refractivity contribution is 0.626. The van der Waals surface area contributed by atoms with E-state index in [0.717, 1.165) is 6.08 Å². The van der Waals surface area contributed by atoms with Crippen LogP contribution >= 0.6 is 15.9 Å². The first-order valence-electron chi connectivity index (χ1n) is 3.23. The van der Waals surface area contributed by atoms with Gasteiger partial charge in [0.2, 0.25) is 0 Å². The van der Waals surface area contributed by atoms with E-state index in [2.05, 4.69) is 15.9 Å². The molecule has 0 radical (unpaired) electrons. The Balaban J connectivity index is 4.54. The molecular weight excluding hydrogens is 211 g/mol. The maximum atomic E-state index is 12.1. The molecule has 0 aliphatic carbocycles. The van der Waals surface area contributed by atoms with Gasteiger partial charge < -0.3 is 11.5 Å². The summed E-state index contributed by atoms with van der Waals surface area (Å²) in [5, 5.41) is 0. The lowest BCUT2D eigenvalue weighted by atomic mass is 10.1. The molecule has 0 unspecified atom stereocenters. The van der Waals surface area contributed by atoms with Crippen LogP contribution in [-0.4, -0.2) is 0 Å². The summed E-state index contributed by atoms with van der Waals surface area (Å²) in [4.78, 5) is 0. The summed E-state index contributed by atoms with van der Waals surface area (Å²) >= 11 is 3.10. The monoisotopic (exact) mass is 222 g/mol. The molecule has 0 heterocycles. The van der Waals surface area contributed by atoms with Crippen molar-refractivity contribution in [3.05, 3.63) is 22.2 Å². The van der Waals surface area contributed by atoms with Crippen LogP contribution in [0.2, 0.25) is 0 Å². The van der Waals surface area contributed by atoms with Crippen LogP contribution < -0.4 is 11.5 Å². The van der Waals surface area contributed by atoms with Crippen molar-refractivity contribution in [1.29, 1.82) is 0 Å². The maximum Gasteiger partial charge on any atom is 0.185 e. The van der Waals surface area contributed by atoms with Gasteiger partial charge in [-0.15, -0.1) is 0 Å². The van der Waals surface area contributed by atoms with Gasteiger partial charge >= 0.3 is 0 Å². The zero-order valence-electron chi connectivity index (χ0n) is 6.57. The highest BCUT2D eigenvalue weighted by molar-refractivity contribution is 9.11. The molecule has 0 aromatic carbocycles. The third-order valence-electron chi connectivity index (χ3n) is 1.16. The standard InChI is InChI=1S/C7H12BrFN2/c1-4(2)7(11)5(8)3-6(9)10/h3-4H,10-11H2,1-2H3/b6-3-,7-5+. The molecule has 0 aromatic heterocycles. The molecule has 2 nitrogen and oxygen atoms in total. The van der Waals surface area contributed by atoms with Crippen LogP contribution in [0.15, 0.2) is 22.2 Å². The fourth-order valence-electron chi connectivity index (χ4n) is 0.480. The highest BCUT2D eigenvalue weighted by Gasteiger charge is 2.02. The van der Waals surface area contributed by atoms with Crippen LogP contribution in [0.5, 0.6) is 0 Å². The van der Waals surface area contributed by atoms with Crippen molar-refractivity contribution in [1.82, 2.24) is 0 Å². The highest BCUT2D eigenvalue weighted by atomic mass is 79.9. The maximum absolute atomic E-state index is 12.1. The van der Waals surface area contributed by atoms with Gasteiger partial charge in [0, 0.05) is 16.3 Å². The zero-order chi connectivity index (χ0) is 9.02. The van der Waals surface area contributed by atoms with Gasteiger partial charge in [0.05, 0.1) is 0 Å². The van der Waals surface area contributed by atoms with E-state index in [0.29, 0.717) is 10.2 Å². The molecule has 4 N–H and O–H groups in total. The van der Waals surface area contributed by atoms with E-state index in [4.69, 9.17) is 11.5 Å². The molecule has 64 valence electrons. The quantitative estimate of drug-likeness (QED) is 0.555. The Morgan fingerprint density at radius 1 is 1.45 bits per heavy atom. The molecule has 0 bridgehead atoms. The van der Waals surface area contributed by atoms with Gasteiger partial charge in [-0.3, -0.25) is 0 Å². The molecule has 0 atom stereocenters. The molecule has 0 aromatic rings. The molecule has 0 amide bonds. The minimum absolute atomic E-state index is 0.181. The average molecular weight is 223 g/mol. The smallest absolute Gasteiger partial charge is 0.185 e. The Bertz CT molecular complexity index is 193. The second kappa shape index (κ2) is 4.38. The lowest BCUT2D eigenvalue weighted by Crippen LogP contribution is -2.06. The van der Waals surface area contributed by atoms with Gasteiger partial charge in [-0.25, -0.2) is 0 Å². The molecule has 0 fully saturated rings. The molecule has 0 aliphatic heterocycles. The Hall–Kier alpha value is -0.510. The SMILES string of the molecule is CC(C)/C(N)=C(Br)/C=C(\N)F. The summed E-state index contributed by atoms with van der Waals surface area (Å²) in [6.07, 6.45) is 1.15. The van der Waals surface area contributed by atoms with Crippen LogP contribution in [0, 0.1) is 5.92 Å². The number of hydrogen-bond acceptors (Lipinski definition) is 2. The summed E-state index contributed by atoms with van der Waals surface area (Å²) in [7, 11) is 0. The average Bonchev–Trinajstić information content (AvgIpc) is 1.84. The molecule has 4 heteroatoms. The number of nitrogens with two attached hydrogens (primary N) is 2. The molecular formula is C7H12BrFN2. The van der Waals surface area contributed by atoms with Gasteiger partial charge in [-0.2, -0.15) is 4.39 Å². The number of rotatable bonds is 2. The van der Waals surface area contributed by atoms with Gasteiger partial charge in [0.25, 0.3) is 0 Å². The summed E-state index contributed by atoms with van der Waals surface area (Å²) < 4.78 is 12.6. The predicted octanol–water partition coefficient (Wildman–Crippen LogP) is 1.98. The minimum Gasteiger partial charge on any atom is -0.401 e. The molecule has 11 heavy (non-hydrogen) atoms. The Kier molecular flexibility index (Phi) is 4.18. The number of halogens is 2. The topological polar surface area (TPSA) is 52.0 Å². The van der Waals surface area contributed by atoms with Crippen molar-refractivity contribution in [3.63, 3.8) is 0 Å². The molecule has 0 saturated heterocycles. The van der Waals surface area contributed by atoms with E-state index in [-0.39, 0.29) is 5.92 Å². The van der Waals surface area contributed by atoms with E-state index in [1.807, 2.05) is 13.8 Å². The van der Waals surface area contributed by atoms with E-state index in [1.54, 1.807) is 0 Å². The summed E-state index contributed by atoms with van der Waals surface area (Å²) in [6.45, 7) is 3.83. The van der Waals surface area contributed by atoms with Crippen molar-refractivity contribution in [3.8, 4) is 0 Å². The third kappa shape index (κ3) is 4.03. The van der Waals surface area contributed by atoms with Crippen molar-refractivity contribution in [2.24, 2.45) is 17.4 Å². The molecule has 0 spiro atoms. The van der Waals surface area contributed by atoms with Crippen molar-refractivity contribution in [2.75, 3.05) is 0 Å². The fraction of sp³-hybridized carbons (Fsp3) is 0.429. The minimum atomic E-state index is -0.750. The Morgan fingerprint density at radius 3 is 2.18 bits per heavy atom. The van der Waals surface area contributed by atoms with Crippen molar-refractivity contribution < 1.29 is 4.39 Å². The van der Waals surface area contributed by atoms with E-state index < -0.39 is 5.95 Å². The van der Waals surface area contributed by atoms with Crippen LogP contribution in [0.25, 0.3) is 0 Å². The van der Waals surface area contributed by atoms with E-state index in [1.165, 1.54) is 0 Å². The second-order valence-electron chi connectivity index (χ2n) is 2.49. The molecule has 0 rings (SSSR count). The fourth-order valence-corrected chi connectivity index (χ4v) is 1.16. The normalized spacial score (nSPS) is 15.2. The summed E-state index contributed by atoms with van der Waals surface area (Å²) in [5.41, 5.74) is 11.0. The van der Waals surface area contributed by atoms with Crippen LogP contribution in [0.3, 0.4) is 0 Å².